The summed E-state index contributed by atoms with van der Waals surface area (Å²) in [6, 6.07) is 8.32. The predicted molar refractivity (Wildman–Crippen MR) is 77.7 cm³/mol. The molecule has 0 spiro atoms. The lowest BCUT2D eigenvalue weighted by atomic mass is 9.89. The largest absolute Gasteiger partial charge is 0.493 e. The molecule has 1 aromatic rings. The van der Waals surface area contributed by atoms with E-state index in [0.29, 0.717) is 18.9 Å². The number of aliphatic hydroxyl groups is 1. The minimum absolute atomic E-state index is 0.561. The van der Waals surface area contributed by atoms with Crippen molar-refractivity contribution in [2.45, 2.75) is 44.6 Å². The summed E-state index contributed by atoms with van der Waals surface area (Å²) < 4.78 is 5.89. The van der Waals surface area contributed by atoms with Crippen LogP contribution in [-0.2, 0) is 0 Å². The molecule has 0 aliphatic carbocycles. The van der Waals surface area contributed by atoms with Crippen LogP contribution in [0.2, 0.25) is 0 Å². The summed E-state index contributed by atoms with van der Waals surface area (Å²) in [5.74, 6) is 1.58. The second-order valence-electron chi connectivity index (χ2n) is 5.97. The molecule has 106 valence electrons. The summed E-state index contributed by atoms with van der Waals surface area (Å²) in [6.45, 7) is 6.36. The molecule has 1 aliphatic rings. The molecular formula is C16H25NO2. The van der Waals surface area contributed by atoms with Gasteiger partial charge in [-0.25, -0.2) is 0 Å². The molecule has 1 aliphatic heterocycles. The summed E-state index contributed by atoms with van der Waals surface area (Å²) >= 11 is 0. The second-order valence-corrected chi connectivity index (χ2v) is 5.97. The quantitative estimate of drug-likeness (QED) is 0.858. The lowest BCUT2D eigenvalue weighted by Gasteiger charge is -2.25. The average Bonchev–Trinajstić information content (AvgIpc) is 2.39. The molecule has 0 radical (unpaired) electrons. The van der Waals surface area contributed by atoms with Crippen molar-refractivity contribution in [2.75, 3.05) is 19.7 Å². The van der Waals surface area contributed by atoms with Crippen LogP contribution in [-0.4, -0.2) is 30.4 Å². The second kappa shape index (κ2) is 6.40. The number of nitrogens with one attached hydrogen (secondary N) is 1. The fraction of sp³-hybridized carbons (Fsp3) is 0.625. The van der Waals surface area contributed by atoms with Crippen LogP contribution in [0.25, 0.3) is 0 Å². The zero-order chi connectivity index (χ0) is 13.7. The van der Waals surface area contributed by atoms with Gasteiger partial charge in [-0.3, -0.25) is 0 Å². The van der Waals surface area contributed by atoms with E-state index in [0.717, 1.165) is 18.8 Å². The number of piperidine rings is 1. The van der Waals surface area contributed by atoms with Crippen molar-refractivity contribution in [3.05, 3.63) is 29.8 Å². The molecular weight excluding hydrogens is 238 g/mol. The Morgan fingerprint density at radius 3 is 2.63 bits per heavy atom. The maximum absolute atomic E-state index is 9.73. The van der Waals surface area contributed by atoms with E-state index in [1.165, 1.54) is 18.4 Å². The van der Waals surface area contributed by atoms with Gasteiger partial charge in [-0.15, -0.1) is 0 Å². The minimum Gasteiger partial charge on any atom is -0.493 e. The normalized spacial score (nSPS) is 17.4. The lowest BCUT2D eigenvalue weighted by molar-refractivity contribution is 0.0551. The fourth-order valence-corrected chi connectivity index (χ4v) is 2.49. The van der Waals surface area contributed by atoms with Crippen LogP contribution in [0.4, 0.5) is 0 Å². The fourth-order valence-electron chi connectivity index (χ4n) is 2.49. The van der Waals surface area contributed by atoms with Gasteiger partial charge in [-0.1, -0.05) is 18.2 Å². The topological polar surface area (TPSA) is 41.5 Å². The van der Waals surface area contributed by atoms with Gasteiger partial charge in [0, 0.05) is 6.42 Å². The van der Waals surface area contributed by atoms with Crippen LogP contribution >= 0.6 is 0 Å². The first-order chi connectivity index (χ1) is 9.06. The van der Waals surface area contributed by atoms with E-state index in [2.05, 4.69) is 17.4 Å². The van der Waals surface area contributed by atoms with Gasteiger partial charge in [-0.05, 0) is 57.3 Å². The van der Waals surface area contributed by atoms with Gasteiger partial charge in [0.05, 0.1) is 12.2 Å². The summed E-state index contributed by atoms with van der Waals surface area (Å²) in [4.78, 5) is 0. The molecule has 19 heavy (non-hydrogen) atoms. The molecule has 2 rings (SSSR count). The summed E-state index contributed by atoms with van der Waals surface area (Å²) in [6.07, 6.45) is 2.99. The van der Waals surface area contributed by atoms with E-state index < -0.39 is 5.60 Å². The lowest BCUT2D eigenvalue weighted by Crippen LogP contribution is -2.27. The van der Waals surface area contributed by atoms with Gasteiger partial charge in [0.2, 0.25) is 0 Å². The highest BCUT2D eigenvalue weighted by atomic mass is 16.5. The highest BCUT2D eigenvalue weighted by molar-refractivity contribution is 5.36. The number of benzene rings is 1. The van der Waals surface area contributed by atoms with E-state index in [1.54, 1.807) is 0 Å². The molecule has 0 bridgehead atoms. The maximum Gasteiger partial charge on any atom is 0.122 e. The Hall–Kier alpha value is -1.06. The third-order valence-electron chi connectivity index (χ3n) is 3.67. The molecule has 0 aromatic heterocycles. The van der Waals surface area contributed by atoms with Gasteiger partial charge < -0.3 is 15.2 Å². The molecule has 0 atom stereocenters. The van der Waals surface area contributed by atoms with E-state index >= 15 is 0 Å². The Morgan fingerprint density at radius 1 is 1.26 bits per heavy atom. The van der Waals surface area contributed by atoms with Gasteiger partial charge in [0.1, 0.15) is 5.75 Å². The number of hydrogen-bond acceptors (Lipinski definition) is 3. The molecule has 3 nitrogen and oxygen atoms in total. The van der Waals surface area contributed by atoms with Crippen molar-refractivity contribution in [1.82, 2.24) is 5.32 Å². The van der Waals surface area contributed by atoms with Gasteiger partial charge in [-0.2, -0.15) is 0 Å². The van der Waals surface area contributed by atoms with Crippen LogP contribution in [0.5, 0.6) is 5.75 Å². The van der Waals surface area contributed by atoms with Crippen molar-refractivity contribution >= 4 is 0 Å². The number of para-hydroxylation sites is 1. The highest BCUT2D eigenvalue weighted by Gasteiger charge is 2.19. The van der Waals surface area contributed by atoms with Crippen LogP contribution in [0.1, 0.15) is 44.6 Å². The maximum atomic E-state index is 9.73. The third-order valence-corrected chi connectivity index (χ3v) is 3.67. The van der Waals surface area contributed by atoms with Crippen LogP contribution < -0.4 is 10.1 Å². The molecule has 1 fully saturated rings. The average molecular weight is 263 g/mol. The molecule has 0 unspecified atom stereocenters. The first kappa shape index (κ1) is 14.4. The molecule has 1 heterocycles. The molecule has 3 heteroatoms. The summed E-state index contributed by atoms with van der Waals surface area (Å²) in [5, 5.41) is 13.1. The van der Waals surface area contributed by atoms with E-state index in [-0.39, 0.29) is 0 Å². The van der Waals surface area contributed by atoms with Crippen molar-refractivity contribution in [3.8, 4) is 5.75 Å². The Labute approximate surface area is 116 Å². The zero-order valence-electron chi connectivity index (χ0n) is 12.0. The Bertz CT molecular complexity index is 392. The Kier molecular flexibility index (Phi) is 4.83. The van der Waals surface area contributed by atoms with Crippen LogP contribution in [0.15, 0.2) is 24.3 Å². The highest BCUT2D eigenvalue weighted by Crippen LogP contribution is 2.32. The minimum atomic E-state index is -0.663. The van der Waals surface area contributed by atoms with E-state index in [9.17, 15) is 5.11 Å². The zero-order valence-corrected chi connectivity index (χ0v) is 12.0. The van der Waals surface area contributed by atoms with Crippen LogP contribution in [0, 0.1) is 0 Å². The molecule has 1 saturated heterocycles. The molecule has 2 N–H and O–H groups in total. The molecule has 0 amide bonds. The van der Waals surface area contributed by atoms with Crippen molar-refractivity contribution in [3.63, 3.8) is 0 Å². The molecule has 0 saturated carbocycles. The van der Waals surface area contributed by atoms with Crippen molar-refractivity contribution in [1.29, 1.82) is 0 Å². The number of ether oxygens (including phenoxy) is 1. The Balaban J connectivity index is 1.99. The first-order valence-corrected chi connectivity index (χ1v) is 7.21. The Morgan fingerprint density at radius 2 is 1.95 bits per heavy atom. The SMILES string of the molecule is CC(C)(O)CCOc1ccccc1C1CCNCC1. The smallest absolute Gasteiger partial charge is 0.122 e. The van der Waals surface area contributed by atoms with Crippen LogP contribution in [0.3, 0.4) is 0 Å². The number of hydrogen-bond donors (Lipinski definition) is 2. The predicted octanol–water partition coefficient (Wildman–Crippen LogP) is 2.69. The number of rotatable bonds is 5. The first-order valence-electron chi connectivity index (χ1n) is 7.21. The van der Waals surface area contributed by atoms with E-state index in [1.807, 2.05) is 26.0 Å². The third kappa shape index (κ3) is 4.51. The summed E-state index contributed by atoms with van der Waals surface area (Å²) in [7, 11) is 0. The monoisotopic (exact) mass is 263 g/mol. The van der Waals surface area contributed by atoms with Crippen molar-refractivity contribution in [2.24, 2.45) is 0 Å². The molecule has 1 aromatic carbocycles. The van der Waals surface area contributed by atoms with Gasteiger partial charge in [0.25, 0.3) is 0 Å². The van der Waals surface area contributed by atoms with Crippen molar-refractivity contribution < 1.29 is 9.84 Å². The summed E-state index contributed by atoms with van der Waals surface area (Å²) in [5.41, 5.74) is 0.656. The van der Waals surface area contributed by atoms with Gasteiger partial charge in [0.15, 0.2) is 0 Å². The standard InChI is InChI=1S/C16H25NO2/c1-16(2,18)9-12-19-15-6-4-3-5-14(15)13-7-10-17-11-8-13/h3-6,13,17-18H,7-12H2,1-2H3. The van der Waals surface area contributed by atoms with E-state index in [4.69, 9.17) is 4.74 Å². The van der Waals surface area contributed by atoms with Gasteiger partial charge >= 0.3 is 0 Å².